The highest BCUT2D eigenvalue weighted by molar-refractivity contribution is 6.02. The van der Waals surface area contributed by atoms with Crippen LogP contribution in [-0.4, -0.2) is 35.0 Å². The molecule has 2 aromatic rings. The van der Waals surface area contributed by atoms with Crippen molar-refractivity contribution in [3.05, 3.63) is 42.7 Å². The minimum atomic E-state index is -0.537. The molecule has 2 N–H and O–H groups in total. The number of alkyl carbamates (subject to hydrolysis) is 1. The number of hydrogen-bond donors (Lipinski definition) is 2. The molecule has 122 valence electrons. The Balaban J connectivity index is 2.07. The number of guanidine groups is 1. The van der Waals surface area contributed by atoms with Crippen LogP contribution in [0.25, 0.3) is 5.69 Å². The number of carbonyl (C=O) groups excluding carboxylic acids is 1. The SMILES string of the molecule is CCCN=C(NC(=O)OCC)Nc1cnn(-c2ccccc2)c1. The van der Waals surface area contributed by atoms with Gasteiger partial charge in [-0.25, -0.2) is 9.48 Å². The molecule has 0 atom stereocenters. The molecule has 0 unspecified atom stereocenters. The fourth-order valence-electron chi connectivity index (χ4n) is 1.84. The molecule has 1 aromatic heterocycles. The van der Waals surface area contributed by atoms with E-state index in [4.69, 9.17) is 4.74 Å². The number of nitrogens with zero attached hydrogens (tertiary/aromatic N) is 3. The number of carbonyl (C=O) groups is 1. The maximum Gasteiger partial charge on any atom is 0.413 e. The van der Waals surface area contributed by atoms with Gasteiger partial charge in [0, 0.05) is 6.54 Å². The minimum absolute atomic E-state index is 0.304. The van der Waals surface area contributed by atoms with Gasteiger partial charge in [0.2, 0.25) is 5.96 Å². The summed E-state index contributed by atoms with van der Waals surface area (Å²) in [6.07, 6.45) is 3.83. The summed E-state index contributed by atoms with van der Waals surface area (Å²) in [7, 11) is 0. The summed E-state index contributed by atoms with van der Waals surface area (Å²) >= 11 is 0. The highest BCUT2D eigenvalue weighted by atomic mass is 16.5. The van der Waals surface area contributed by atoms with E-state index in [0.29, 0.717) is 19.1 Å². The van der Waals surface area contributed by atoms with Crippen LogP contribution >= 0.6 is 0 Å². The molecule has 1 amide bonds. The van der Waals surface area contributed by atoms with E-state index in [1.807, 2.05) is 43.5 Å². The van der Waals surface area contributed by atoms with Gasteiger partial charge in [0.1, 0.15) is 0 Å². The topological polar surface area (TPSA) is 80.5 Å². The van der Waals surface area contributed by atoms with Gasteiger partial charge in [-0.3, -0.25) is 10.3 Å². The van der Waals surface area contributed by atoms with Crippen LogP contribution in [0.15, 0.2) is 47.7 Å². The monoisotopic (exact) mass is 315 g/mol. The minimum Gasteiger partial charge on any atom is -0.450 e. The van der Waals surface area contributed by atoms with E-state index in [2.05, 4.69) is 20.7 Å². The maximum atomic E-state index is 11.6. The summed E-state index contributed by atoms with van der Waals surface area (Å²) < 4.78 is 6.61. The van der Waals surface area contributed by atoms with Gasteiger partial charge in [0.25, 0.3) is 0 Å². The summed E-state index contributed by atoms with van der Waals surface area (Å²) in [6, 6.07) is 9.76. The molecular formula is C16H21N5O2. The lowest BCUT2D eigenvalue weighted by Gasteiger charge is -2.09. The van der Waals surface area contributed by atoms with E-state index in [-0.39, 0.29) is 0 Å². The summed E-state index contributed by atoms with van der Waals surface area (Å²) in [6.45, 7) is 4.67. The Bertz CT molecular complexity index is 652. The van der Waals surface area contributed by atoms with E-state index in [9.17, 15) is 4.79 Å². The van der Waals surface area contributed by atoms with Gasteiger partial charge < -0.3 is 10.1 Å². The molecule has 1 aromatic carbocycles. The van der Waals surface area contributed by atoms with Gasteiger partial charge in [-0.05, 0) is 25.5 Å². The smallest absolute Gasteiger partial charge is 0.413 e. The lowest BCUT2D eigenvalue weighted by Crippen LogP contribution is -2.36. The molecule has 0 radical (unpaired) electrons. The summed E-state index contributed by atoms with van der Waals surface area (Å²) in [5.74, 6) is 0.345. The van der Waals surface area contributed by atoms with Crippen LogP contribution in [0.2, 0.25) is 0 Å². The van der Waals surface area contributed by atoms with Crippen molar-refractivity contribution < 1.29 is 9.53 Å². The number of benzene rings is 1. The Morgan fingerprint density at radius 3 is 2.78 bits per heavy atom. The molecule has 0 saturated carbocycles. The van der Waals surface area contributed by atoms with Gasteiger partial charge in [-0.1, -0.05) is 25.1 Å². The molecular weight excluding hydrogens is 294 g/mol. The number of anilines is 1. The van der Waals surface area contributed by atoms with E-state index in [1.165, 1.54) is 0 Å². The average molecular weight is 315 g/mol. The van der Waals surface area contributed by atoms with Crippen LogP contribution in [0.3, 0.4) is 0 Å². The van der Waals surface area contributed by atoms with Gasteiger partial charge in [0.15, 0.2) is 0 Å². The number of aromatic nitrogens is 2. The summed E-state index contributed by atoms with van der Waals surface area (Å²) in [5, 5.41) is 9.93. The lowest BCUT2D eigenvalue weighted by atomic mass is 10.3. The van der Waals surface area contributed by atoms with Crippen molar-refractivity contribution in [1.82, 2.24) is 15.1 Å². The molecule has 0 aliphatic rings. The zero-order valence-corrected chi connectivity index (χ0v) is 13.3. The number of amides is 1. The number of aliphatic imine (C=N–C) groups is 1. The molecule has 7 nitrogen and oxygen atoms in total. The van der Waals surface area contributed by atoms with Crippen LogP contribution in [0, 0.1) is 0 Å². The second kappa shape index (κ2) is 8.57. The third kappa shape index (κ3) is 5.14. The van der Waals surface area contributed by atoms with Crippen molar-refractivity contribution in [3.8, 4) is 5.69 Å². The zero-order valence-electron chi connectivity index (χ0n) is 13.3. The molecule has 0 spiro atoms. The Morgan fingerprint density at radius 1 is 1.30 bits per heavy atom. The van der Waals surface area contributed by atoms with Crippen molar-refractivity contribution in [1.29, 1.82) is 0 Å². The van der Waals surface area contributed by atoms with Crippen LogP contribution in [0.4, 0.5) is 10.5 Å². The van der Waals surface area contributed by atoms with E-state index in [1.54, 1.807) is 17.8 Å². The normalized spacial score (nSPS) is 11.1. The van der Waals surface area contributed by atoms with Crippen LogP contribution < -0.4 is 10.6 Å². The van der Waals surface area contributed by atoms with Crippen LogP contribution in [0.1, 0.15) is 20.3 Å². The molecule has 0 saturated heterocycles. The number of rotatable bonds is 5. The van der Waals surface area contributed by atoms with E-state index >= 15 is 0 Å². The Hall–Kier alpha value is -2.83. The molecule has 7 heteroatoms. The van der Waals surface area contributed by atoms with E-state index in [0.717, 1.165) is 17.8 Å². The third-order valence-electron chi connectivity index (χ3n) is 2.86. The standard InChI is InChI=1S/C16H21N5O2/c1-3-10-17-15(20-16(22)23-4-2)19-13-11-18-21(12-13)14-8-6-5-7-9-14/h5-9,11-12H,3-4,10H2,1-2H3,(H2,17,19,20,22). The average Bonchev–Trinajstić information content (AvgIpc) is 3.02. The Labute approximate surface area is 135 Å². The predicted octanol–water partition coefficient (Wildman–Crippen LogP) is 2.80. The third-order valence-corrected chi connectivity index (χ3v) is 2.86. The molecule has 0 fully saturated rings. The van der Waals surface area contributed by atoms with Gasteiger partial charge in [-0.2, -0.15) is 5.10 Å². The second-order valence-corrected chi connectivity index (χ2v) is 4.71. The number of ether oxygens (including phenoxy) is 1. The fourth-order valence-corrected chi connectivity index (χ4v) is 1.84. The van der Waals surface area contributed by atoms with Crippen molar-refractivity contribution >= 4 is 17.7 Å². The molecule has 2 rings (SSSR count). The van der Waals surface area contributed by atoms with Gasteiger partial charge in [0.05, 0.1) is 30.4 Å². The first-order valence-electron chi connectivity index (χ1n) is 7.58. The quantitative estimate of drug-likeness (QED) is 0.657. The molecule has 23 heavy (non-hydrogen) atoms. The van der Waals surface area contributed by atoms with Crippen LogP contribution in [0.5, 0.6) is 0 Å². The first kappa shape index (κ1) is 16.5. The van der Waals surface area contributed by atoms with Gasteiger partial charge in [-0.15, -0.1) is 0 Å². The highest BCUT2D eigenvalue weighted by Crippen LogP contribution is 2.11. The molecule has 1 heterocycles. The van der Waals surface area contributed by atoms with Crippen molar-refractivity contribution in [2.45, 2.75) is 20.3 Å². The van der Waals surface area contributed by atoms with Crippen molar-refractivity contribution in [2.75, 3.05) is 18.5 Å². The number of nitrogens with one attached hydrogen (secondary N) is 2. The van der Waals surface area contributed by atoms with Crippen molar-refractivity contribution in [3.63, 3.8) is 0 Å². The van der Waals surface area contributed by atoms with Gasteiger partial charge >= 0.3 is 6.09 Å². The first-order chi connectivity index (χ1) is 11.2. The number of hydrogen-bond acceptors (Lipinski definition) is 4. The molecule has 0 bridgehead atoms. The second-order valence-electron chi connectivity index (χ2n) is 4.71. The van der Waals surface area contributed by atoms with E-state index < -0.39 is 6.09 Å². The predicted molar refractivity (Wildman–Crippen MR) is 89.9 cm³/mol. The largest absolute Gasteiger partial charge is 0.450 e. The van der Waals surface area contributed by atoms with Crippen molar-refractivity contribution in [2.24, 2.45) is 4.99 Å². The Morgan fingerprint density at radius 2 is 2.09 bits per heavy atom. The number of para-hydroxylation sites is 1. The lowest BCUT2D eigenvalue weighted by molar-refractivity contribution is 0.158. The zero-order chi connectivity index (χ0) is 16.5. The maximum absolute atomic E-state index is 11.6. The van der Waals surface area contributed by atoms with Crippen LogP contribution in [-0.2, 0) is 4.74 Å². The summed E-state index contributed by atoms with van der Waals surface area (Å²) in [5.41, 5.74) is 1.67. The Kier molecular flexibility index (Phi) is 6.17. The molecule has 0 aliphatic heterocycles. The fraction of sp³-hybridized carbons (Fsp3) is 0.312. The molecule has 0 aliphatic carbocycles. The summed E-state index contributed by atoms with van der Waals surface area (Å²) in [4.78, 5) is 15.9. The first-order valence-corrected chi connectivity index (χ1v) is 7.58. The highest BCUT2D eigenvalue weighted by Gasteiger charge is 2.08.